The van der Waals surface area contributed by atoms with E-state index in [1.807, 2.05) is 0 Å². The van der Waals surface area contributed by atoms with Crippen molar-refractivity contribution in [3.8, 4) is 0 Å². The number of sulfonamides is 1. The van der Waals surface area contributed by atoms with Crippen LogP contribution < -0.4 is 5.32 Å². The summed E-state index contributed by atoms with van der Waals surface area (Å²) in [4.78, 5) is 12.6. The van der Waals surface area contributed by atoms with Gasteiger partial charge in [0.1, 0.15) is 0 Å². The van der Waals surface area contributed by atoms with Crippen LogP contribution in [0.2, 0.25) is 0 Å². The van der Waals surface area contributed by atoms with Crippen molar-refractivity contribution in [1.29, 1.82) is 0 Å². The molecule has 2 rings (SSSR count). The van der Waals surface area contributed by atoms with Crippen LogP contribution in [0.5, 0.6) is 0 Å². The molecule has 1 aliphatic rings. The molecule has 6 heteroatoms. The quantitative estimate of drug-likeness (QED) is 0.716. The summed E-state index contributed by atoms with van der Waals surface area (Å²) in [5.41, 5.74) is 1.10. The van der Waals surface area contributed by atoms with Crippen LogP contribution in [-0.2, 0) is 10.0 Å². The smallest absolute Gasteiger partial charge is 0.251 e. The second kappa shape index (κ2) is 9.34. The van der Waals surface area contributed by atoms with Crippen LogP contribution in [0.1, 0.15) is 67.8 Å². The van der Waals surface area contributed by atoms with Gasteiger partial charge in [0.05, 0.1) is 4.90 Å². The van der Waals surface area contributed by atoms with E-state index in [-0.39, 0.29) is 10.8 Å². The minimum absolute atomic E-state index is 0.202. The summed E-state index contributed by atoms with van der Waals surface area (Å²) in [6, 6.07) is 4.95. The second-order valence-corrected chi connectivity index (χ2v) is 8.67. The largest absolute Gasteiger partial charge is 0.352 e. The first kappa shape index (κ1) is 19.9. The van der Waals surface area contributed by atoms with Crippen LogP contribution >= 0.6 is 0 Å². The second-order valence-electron chi connectivity index (χ2n) is 6.76. The highest BCUT2D eigenvalue weighted by molar-refractivity contribution is 7.89. The highest BCUT2D eigenvalue weighted by atomic mass is 32.2. The highest BCUT2D eigenvalue weighted by Crippen LogP contribution is 2.24. The standard InChI is InChI=1S/C19H30N2O3S/c1-3-4-5-7-12-20-19(22)17-11-10-16(2)18(15-17)25(23,24)21-13-8-6-9-14-21/h10-11,15H,3-9,12-14H2,1-2H3,(H,20,22). The fraction of sp³-hybridized carbons (Fsp3) is 0.632. The fourth-order valence-corrected chi connectivity index (χ4v) is 4.89. The molecule has 1 saturated heterocycles. The van der Waals surface area contributed by atoms with E-state index in [4.69, 9.17) is 0 Å². The number of nitrogens with zero attached hydrogens (tertiary/aromatic N) is 1. The van der Waals surface area contributed by atoms with E-state index in [1.54, 1.807) is 23.4 Å². The molecule has 1 amide bonds. The predicted molar refractivity (Wildman–Crippen MR) is 100 cm³/mol. The molecule has 1 aromatic carbocycles. The van der Waals surface area contributed by atoms with Crippen molar-refractivity contribution in [3.05, 3.63) is 29.3 Å². The lowest BCUT2D eigenvalue weighted by Gasteiger charge is -2.26. The van der Waals surface area contributed by atoms with Gasteiger partial charge in [-0.05, 0) is 43.9 Å². The summed E-state index contributed by atoms with van der Waals surface area (Å²) >= 11 is 0. The molecule has 0 atom stereocenters. The van der Waals surface area contributed by atoms with E-state index >= 15 is 0 Å². The van der Waals surface area contributed by atoms with Gasteiger partial charge in [-0.25, -0.2) is 8.42 Å². The molecular formula is C19H30N2O3S. The lowest BCUT2D eigenvalue weighted by molar-refractivity contribution is 0.0952. The first-order valence-electron chi connectivity index (χ1n) is 9.36. The molecule has 0 saturated carbocycles. The molecule has 0 radical (unpaired) electrons. The molecule has 5 nitrogen and oxygen atoms in total. The molecule has 0 bridgehead atoms. The monoisotopic (exact) mass is 366 g/mol. The Morgan fingerprint density at radius 1 is 1.12 bits per heavy atom. The molecule has 0 spiro atoms. The lowest BCUT2D eigenvalue weighted by Crippen LogP contribution is -2.36. The number of rotatable bonds is 8. The zero-order chi connectivity index (χ0) is 18.3. The first-order chi connectivity index (χ1) is 12.0. The van der Waals surface area contributed by atoms with E-state index in [0.29, 0.717) is 30.8 Å². The van der Waals surface area contributed by atoms with Crippen molar-refractivity contribution in [2.45, 2.75) is 63.7 Å². The molecule has 0 aliphatic carbocycles. The Labute approximate surface area is 151 Å². The lowest BCUT2D eigenvalue weighted by atomic mass is 10.1. The topological polar surface area (TPSA) is 66.5 Å². The van der Waals surface area contributed by atoms with Gasteiger partial charge in [-0.1, -0.05) is 38.7 Å². The van der Waals surface area contributed by atoms with Crippen LogP contribution in [0, 0.1) is 6.92 Å². The van der Waals surface area contributed by atoms with Crippen LogP contribution in [0.4, 0.5) is 0 Å². The summed E-state index contributed by atoms with van der Waals surface area (Å²) in [6.07, 6.45) is 7.24. The van der Waals surface area contributed by atoms with E-state index in [0.717, 1.165) is 38.5 Å². The van der Waals surface area contributed by atoms with Gasteiger partial charge >= 0.3 is 0 Å². The van der Waals surface area contributed by atoms with Crippen molar-refractivity contribution in [3.63, 3.8) is 0 Å². The first-order valence-corrected chi connectivity index (χ1v) is 10.8. The van der Waals surface area contributed by atoms with Crippen LogP contribution in [0.25, 0.3) is 0 Å². The molecule has 1 heterocycles. The number of benzene rings is 1. The van der Waals surface area contributed by atoms with Crippen molar-refractivity contribution < 1.29 is 13.2 Å². The van der Waals surface area contributed by atoms with E-state index < -0.39 is 10.0 Å². The normalized spacial score (nSPS) is 15.9. The number of aryl methyl sites for hydroxylation is 1. The van der Waals surface area contributed by atoms with Gasteiger partial charge in [0.15, 0.2) is 0 Å². The van der Waals surface area contributed by atoms with E-state index in [9.17, 15) is 13.2 Å². The molecule has 1 fully saturated rings. The van der Waals surface area contributed by atoms with Crippen LogP contribution in [0.15, 0.2) is 23.1 Å². The Kier molecular flexibility index (Phi) is 7.44. The Morgan fingerprint density at radius 2 is 1.84 bits per heavy atom. The van der Waals surface area contributed by atoms with Crippen molar-refractivity contribution >= 4 is 15.9 Å². The molecular weight excluding hydrogens is 336 g/mol. The molecule has 1 N–H and O–H groups in total. The maximum atomic E-state index is 12.9. The number of hydrogen-bond acceptors (Lipinski definition) is 3. The maximum absolute atomic E-state index is 12.9. The minimum atomic E-state index is -3.53. The number of unbranched alkanes of at least 4 members (excludes halogenated alkanes) is 3. The zero-order valence-electron chi connectivity index (χ0n) is 15.4. The summed E-state index contributed by atoms with van der Waals surface area (Å²) in [6.45, 7) is 5.69. The Balaban J connectivity index is 2.10. The number of carbonyl (C=O) groups is 1. The fourth-order valence-electron chi connectivity index (χ4n) is 3.12. The number of nitrogens with one attached hydrogen (secondary N) is 1. The summed E-state index contributed by atoms with van der Waals surface area (Å²) in [5.74, 6) is -0.202. The van der Waals surface area contributed by atoms with Crippen LogP contribution in [-0.4, -0.2) is 38.3 Å². The highest BCUT2D eigenvalue weighted by Gasteiger charge is 2.28. The number of amides is 1. The third kappa shape index (κ3) is 5.28. The zero-order valence-corrected chi connectivity index (χ0v) is 16.2. The summed E-state index contributed by atoms with van der Waals surface area (Å²) in [7, 11) is -3.53. The maximum Gasteiger partial charge on any atom is 0.251 e. The molecule has 0 aromatic heterocycles. The molecule has 140 valence electrons. The van der Waals surface area contributed by atoms with Gasteiger partial charge in [-0.3, -0.25) is 4.79 Å². The molecule has 25 heavy (non-hydrogen) atoms. The predicted octanol–water partition coefficient (Wildman–Crippen LogP) is 3.48. The molecule has 1 aliphatic heterocycles. The van der Waals surface area contributed by atoms with Gasteiger partial charge in [0.25, 0.3) is 5.91 Å². The van der Waals surface area contributed by atoms with Crippen molar-refractivity contribution in [2.24, 2.45) is 0 Å². The number of carbonyl (C=O) groups excluding carboxylic acids is 1. The number of hydrogen-bond donors (Lipinski definition) is 1. The van der Waals surface area contributed by atoms with E-state index in [1.165, 1.54) is 12.5 Å². The van der Waals surface area contributed by atoms with Gasteiger partial charge in [-0.15, -0.1) is 0 Å². The molecule has 1 aromatic rings. The van der Waals surface area contributed by atoms with Crippen molar-refractivity contribution in [1.82, 2.24) is 9.62 Å². The van der Waals surface area contributed by atoms with Gasteiger partial charge in [0.2, 0.25) is 10.0 Å². The Bertz CT molecular complexity index is 680. The number of piperidine rings is 1. The van der Waals surface area contributed by atoms with Gasteiger partial charge in [-0.2, -0.15) is 4.31 Å². The summed E-state index contributed by atoms with van der Waals surface area (Å²) in [5, 5.41) is 2.89. The average Bonchev–Trinajstić information content (AvgIpc) is 2.62. The van der Waals surface area contributed by atoms with Crippen molar-refractivity contribution in [2.75, 3.05) is 19.6 Å². The van der Waals surface area contributed by atoms with Gasteiger partial charge < -0.3 is 5.32 Å². The Hall–Kier alpha value is -1.40. The SMILES string of the molecule is CCCCCCNC(=O)c1ccc(C)c(S(=O)(=O)N2CCCCC2)c1. The third-order valence-corrected chi connectivity index (χ3v) is 6.74. The molecule has 0 unspecified atom stereocenters. The summed E-state index contributed by atoms with van der Waals surface area (Å²) < 4.78 is 27.4. The van der Waals surface area contributed by atoms with Gasteiger partial charge in [0, 0.05) is 25.2 Å². The minimum Gasteiger partial charge on any atom is -0.352 e. The average molecular weight is 367 g/mol. The third-order valence-electron chi connectivity index (χ3n) is 4.70. The van der Waals surface area contributed by atoms with E-state index in [2.05, 4.69) is 12.2 Å². The van der Waals surface area contributed by atoms with Crippen LogP contribution in [0.3, 0.4) is 0 Å². The Morgan fingerprint density at radius 3 is 2.52 bits per heavy atom.